The number of amides is 3. The van der Waals surface area contributed by atoms with Crippen molar-refractivity contribution in [1.82, 2.24) is 15.4 Å². The molecule has 0 unspecified atom stereocenters. The summed E-state index contributed by atoms with van der Waals surface area (Å²) in [5.74, 6) is -2.16. The van der Waals surface area contributed by atoms with Crippen molar-refractivity contribution in [3.05, 3.63) is 51.5 Å². The first-order valence-electron chi connectivity index (χ1n) is 8.73. The lowest BCUT2D eigenvalue weighted by atomic mass is 10.1. The highest BCUT2D eigenvalue weighted by molar-refractivity contribution is 7.09. The number of hydroxylamine groups is 2. The highest BCUT2D eigenvalue weighted by Gasteiger charge is 2.38. The summed E-state index contributed by atoms with van der Waals surface area (Å²) >= 11 is 1.25. The monoisotopic (exact) mass is 417 g/mol. The van der Waals surface area contributed by atoms with Crippen molar-refractivity contribution in [3.8, 4) is 0 Å². The smallest absolute Gasteiger partial charge is 0.408 e. The summed E-state index contributed by atoms with van der Waals surface area (Å²) in [5, 5.41) is 5.24. The van der Waals surface area contributed by atoms with Gasteiger partial charge in [0.25, 0.3) is 11.8 Å². The lowest BCUT2D eigenvalue weighted by Crippen LogP contribution is -2.33. The Balaban J connectivity index is 1.53. The predicted molar refractivity (Wildman–Crippen MR) is 102 cm³/mol. The minimum Gasteiger partial charge on any atom is -0.444 e. The molecular weight excluding hydrogens is 398 g/mol. The van der Waals surface area contributed by atoms with Crippen LogP contribution in [-0.4, -0.2) is 39.5 Å². The molecule has 1 aliphatic heterocycles. The summed E-state index contributed by atoms with van der Waals surface area (Å²) in [6, 6.07) is 6.23. The first kappa shape index (κ1) is 20.5. The van der Waals surface area contributed by atoms with Gasteiger partial charge in [-0.05, 0) is 32.9 Å². The van der Waals surface area contributed by atoms with Gasteiger partial charge in [-0.3, -0.25) is 9.59 Å². The number of hydrogen-bond donors (Lipinski definition) is 1. The summed E-state index contributed by atoms with van der Waals surface area (Å²) in [7, 11) is 0. The number of nitrogens with one attached hydrogen (secondary N) is 1. The van der Waals surface area contributed by atoms with Crippen LogP contribution >= 0.6 is 11.3 Å². The van der Waals surface area contributed by atoms with E-state index in [4.69, 9.17) is 9.57 Å². The van der Waals surface area contributed by atoms with Crippen molar-refractivity contribution >= 4 is 35.2 Å². The van der Waals surface area contributed by atoms with E-state index in [1.165, 1.54) is 23.5 Å². The number of carbonyl (C=O) groups is 4. The Kier molecular flexibility index (Phi) is 5.64. The van der Waals surface area contributed by atoms with E-state index >= 15 is 0 Å². The second-order valence-electron chi connectivity index (χ2n) is 7.18. The zero-order chi connectivity index (χ0) is 21.2. The molecule has 0 bridgehead atoms. The van der Waals surface area contributed by atoms with E-state index in [1.807, 2.05) is 0 Å². The van der Waals surface area contributed by atoms with Gasteiger partial charge in [-0.1, -0.05) is 17.2 Å². The van der Waals surface area contributed by atoms with Crippen molar-refractivity contribution in [3.63, 3.8) is 0 Å². The average molecular weight is 417 g/mol. The summed E-state index contributed by atoms with van der Waals surface area (Å²) in [4.78, 5) is 57.4. The van der Waals surface area contributed by atoms with Gasteiger partial charge in [-0.2, -0.15) is 0 Å². The fourth-order valence-electron chi connectivity index (χ4n) is 2.51. The summed E-state index contributed by atoms with van der Waals surface area (Å²) in [5.41, 5.74) is 0.174. The molecule has 1 N–H and O–H groups in total. The maximum absolute atomic E-state index is 12.2. The normalized spacial score (nSPS) is 13.3. The number of fused-ring (bicyclic) bond motifs is 1. The molecule has 2 aromatic rings. The molecule has 2 heterocycles. The standard InChI is InChI=1S/C19H19N3O6S/c1-19(2,3)27-18(26)20-9-14-21-11(10-29-14)8-15(23)28-22-16(24)12-6-4-5-7-13(12)17(22)25/h4-7,10H,8-9H2,1-3H3,(H,20,26). The number of carbonyl (C=O) groups excluding carboxylic acids is 4. The molecule has 3 rings (SSSR count). The largest absolute Gasteiger partial charge is 0.444 e. The second kappa shape index (κ2) is 8.00. The number of nitrogens with zero attached hydrogens (tertiary/aromatic N) is 2. The molecule has 9 nitrogen and oxygen atoms in total. The Labute approximate surface area is 170 Å². The first-order valence-corrected chi connectivity index (χ1v) is 9.61. The number of aromatic nitrogens is 1. The third-order valence-corrected chi connectivity index (χ3v) is 4.56. The fourth-order valence-corrected chi connectivity index (χ4v) is 3.24. The molecule has 0 saturated heterocycles. The van der Waals surface area contributed by atoms with Gasteiger partial charge < -0.3 is 14.9 Å². The molecule has 3 amide bonds. The van der Waals surface area contributed by atoms with Crippen LogP contribution in [0.2, 0.25) is 0 Å². The number of rotatable bonds is 5. The molecule has 1 aromatic heterocycles. The second-order valence-corrected chi connectivity index (χ2v) is 8.12. The molecule has 152 valence electrons. The minimum atomic E-state index is -0.795. The third kappa shape index (κ3) is 4.96. The average Bonchev–Trinajstić information content (AvgIpc) is 3.17. The van der Waals surface area contributed by atoms with Crippen LogP contribution in [0.3, 0.4) is 0 Å². The van der Waals surface area contributed by atoms with Crippen molar-refractivity contribution < 1.29 is 28.8 Å². The maximum atomic E-state index is 12.2. The lowest BCUT2D eigenvalue weighted by molar-refractivity contribution is -0.167. The van der Waals surface area contributed by atoms with Crippen molar-refractivity contribution in [2.24, 2.45) is 0 Å². The predicted octanol–water partition coefficient (Wildman–Crippen LogP) is 2.46. The molecule has 0 spiro atoms. The molecule has 0 atom stereocenters. The summed E-state index contributed by atoms with van der Waals surface area (Å²) in [6.45, 7) is 5.42. The summed E-state index contributed by atoms with van der Waals surface area (Å²) < 4.78 is 5.14. The highest BCUT2D eigenvalue weighted by Crippen LogP contribution is 2.23. The van der Waals surface area contributed by atoms with Crippen LogP contribution in [-0.2, 0) is 27.3 Å². The van der Waals surface area contributed by atoms with Crippen LogP contribution < -0.4 is 5.32 Å². The van der Waals surface area contributed by atoms with Gasteiger partial charge in [-0.25, -0.2) is 14.6 Å². The van der Waals surface area contributed by atoms with Crippen molar-refractivity contribution in [1.29, 1.82) is 0 Å². The van der Waals surface area contributed by atoms with Crippen LogP contribution in [0.1, 0.15) is 52.2 Å². The molecule has 1 aromatic carbocycles. The molecule has 29 heavy (non-hydrogen) atoms. The lowest BCUT2D eigenvalue weighted by Gasteiger charge is -2.19. The molecule has 1 aliphatic rings. The molecule has 0 aliphatic carbocycles. The van der Waals surface area contributed by atoms with E-state index in [2.05, 4.69) is 10.3 Å². The van der Waals surface area contributed by atoms with Gasteiger partial charge in [0.1, 0.15) is 10.6 Å². The zero-order valence-corrected chi connectivity index (χ0v) is 16.9. The molecule has 10 heteroatoms. The fraction of sp³-hybridized carbons (Fsp3) is 0.316. The quantitative estimate of drug-likeness (QED) is 0.743. The van der Waals surface area contributed by atoms with Crippen LogP contribution in [0.4, 0.5) is 4.79 Å². The van der Waals surface area contributed by atoms with Crippen LogP contribution in [0.15, 0.2) is 29.6 Å². The Hall–Kier alpha value is -3.27. The van der Waals surface area contributed by atoms with Gasteiger partial charge in [0, 0.05) is 5.38 Å². The number of hydrogen-bond acceptors (Lipinski definition) is 8. The van der Waals surface area contributed by atoms with E-state index in [0.717, 1.165) is 0 Å². The topological polar surface area (TPSA) is 115 Å². The van der Waals surface area contributed by atoms with Crippen molar-refractivity contribution in [2.75, 3.05) is 0 Å². The van der Waals surface area contributed by atoms with Crippen LogP contribution in [0, 0.1) is 0 Å². The molecule has 0 fully saturated rings. The molecular formula is C19H19N3O6S. The van der Waals surface area contributed by atoms with E-state index in [1.54, 1.807) is 38.3 Å². The van der Waals surface area contributed by atoms with E-state index in [9.17, 15) is 19.2 Å². The number of ether oxygens (including phenoxy) is 1. The van der Waals surface area contributed by atoms with Gasteiger partial charge in [-0.15, -0.1) is 11.3 Å². The van der Waals surface area contributed by atoms with Crippen LogP contribution in [0.25, 0.3) is 0 Å². The first-order chi connectivity index (χ1) is 13.6. The van der Waals surface area contributed by atoms with Gasteiger partial charge in [0.2, 0.25) is 0 Å². The molecule has 0 radical (unpaired) electrons. The minimum absolute atomic E-state index is 0.146. The van der Waals surface area contributed by atoms with E-state index in [0.29, 0.717) is 15.8 Å². The number of imide groups is 1. The summed E-state index contributed by atoms with van der Waals surface area (Å²) in [6.07, 6.45) is -0.796. The Morgan fingerprint density at radius 2 is 1.76 bits per heavy atom. The Morgan fingerprint density at radius 3 is 2.34 bits per heavy atom. The van der Waals surface area contributed by atoms with Gasteiger partial charge >= 0.3 is 12.1 Å². The maximum Gasteiger partial charge on any atom is 0.408 e. The number of alkyl carbamates (subject to hydrolysis) is 1. The highest BCUT2D eigenvalue weighted by atomic mass is 32.1. The number of benzene rings is 1. The SMILES string of the molecule is CC(C)(C)OC(=O)NCc1nc(CC(=O)ON2C(=O)c3ccccc3C2=O)cs1. The van der Waals surface area contributed by atoms with Gasteiger partial charge in [0.15, 0.2) is 0 Å². The Morgan fingerprint density at radius 1 is 1.14 bits per heavy atom. The van der Waals surface area contributed by atoms with E-state index < -0.39 is 29.5 Å². The number of thiazole rings is 1. The van der Waals surface area contributed by atoms with Crippen molar-refractivity contribution in [2.45, 2.75) is 39.3 Å². The third-order valence-electron chi connectivity index (χ3n) is 3.66. The van der Waals surface area contributed by atoms with E-state index in [-0.39, 0.29) is 24.1 Å². The van der Waals surface area contributed by atoms with Crippen LogP contribution in [0.5, 0.6) is 0 Å². The Bertz CT molecular complexity index is 943. The van der Waals surface area contributed by atoms with Gasteiger partial charge in [0.05, 0.1) is 29.8 Å². The zero-order valence-electron chi connectivity index (χ0n) is 16.1. The molecule has 0 saturated carbocycles.